The van der Waals surface area contributed by atoms with Gasteiger partial charge in [-0.25, -0.2) is 0 Å². The number of benzene rings is 1. The molecule has 0 saturated heterocycles. The molecule has 0 spiro atoms. The molecular weight excluding hydrogens is 136 g/mol. The van der Waals surface area contributed by atoms with E-state index >= 15 is 0 Å². The van der Waals surface area contributed by atoms with Crippen molar-refractivity contribution in [3.05, 3.63) is 34.9 Å². The Morgan fingerprint density at radius 1 is 0.727 bits per heavy atom. The van der Waals surface area contributed by atoms with Crippen molar-refractivity contribution in [1.82, 2.24) is 0 Å². The molecule has 0 saturated carbocycles. The molecule has 0 aromatic heterocycles. The summed E-state index contributed by atoms with van der Waals surface area (Å²) in [6.07, 6.45) is 0. The molecule has 0 radical (unpaired) electrons. The number of hydrogen-bond donors (Lipinski definition) is 2. The van der Waals surface area contributed by atoms with Crippen LogP contribution < -0.4 is 11.7 Å². The predicted molar refractivity (Wildman–Crippen MR) is 49.0 cm³/mol. The largest absolute Gasteiger partial charge is 0.274 e. The molecule has 1 rings (SSSR count). The lowest BCUT2D eigenvalue weighted by atomic mass is 10.1. The minimum atomic E-state index is 1.35. The van der Waals surface area contributed by atoms with Crippen molar-refractivity contribution in [1.29, 1.82) is 0 Å². The summed E-state index contributed by atoms with van der Waals surface area (Å²) in [7, 11) is 0. The molecular formula is C9H16N2. The van der Waals surface area contributed by atoms with Crippen molar-refractivity contribution in [2.24, 2.45) is 11.7 Å². The van der Waals surface area contributed by atoms with Gasteiger partial charge in [0.1, 0.15) is 0 Å². The van der Waals surface area contributed by atoms with Crippen LogP contribution in [0.1, 0.15) is 16.7 Å². The third kappa shape index (κ3) is 3.75. The van der Waals surface area contributed by atoms with E-state index in [9.17, 15) is 0 Å². The van der Waals surface area contributed by atoms with Gasteiger partial charge in [0.25, 0.3) is 0 Å². The summed E-state index contributed by atoms with van der Waals surface area (Å²) in [6.45, 7) is 6.38. The molecule has 2 heteroatoms. The van der Waals surface area contributed by atoms with E-state index in [1.807, 2.05) is 0 Å². The molecule has 4 N–H and O–H groups in total. The second-order valence-corrected chi connectivity index (χ2v) is 2.67. The van der Waals surface area contributed by atoms with Crippen LogP contribution >= 0.6 is 0 Å². The molecule has 0 aliphatic carbocycles. The van der Waals surface area contributed by atoms with Crippen LogP contribution in [0, 0.1) is 20.8 Å². The lowest BCUT2D eigenvalue weighted by Crippen LogP contribution is -2.02. The van der Waals surface area contributed by atoms with Gasteiger partial charge in [-0.05, 0) is 20.8 Å². The van der Waals surface area contributed by atoms with E-state index in [4.69, 9.17) is 0 Å². The monoisotopic (exact) mass is 152 g/mol. The van der Waals surface area contributed by atoms with E-state index < -0.39 is 0 Å². The van der Waals surface area contributed by atoms with Crippen LogP contribution in [-0.4, -0.2) is 0 Å². The number of aryl methyl sites for hydroxylation is 3. The number of hydrogen-bond acceptors (Lipinski definition) is 2. The molecule has 0 aliphatic heterocycles. The third-order valence-corrected chi connectivity index (χ3v) is 1.37. The van der Waals surface area contributed by atoms with E-state index in [0.717, 1.165) is 0 Å². The van der Waals surface area contributed by atoms with Gasteiger partial charge in [0.2, 0.25) is 0 Å². The molecule has 0 bridgehead atoms. The van der Waals surface area contributed by atoms with Gasteiger partial charge in [-0.1, -0.05) is 34.9 Å². The molecule has 0 amide bonds. The predicted octanol–water partition coefficient (Wildman–Crippen LogP) is 1.43. The summed E-state index contributed by atoms with van der Waals surface area (Å²) in [6, 6.07) is 6.56. The summed E-state index contributed by atoms with van der Waals surface area (Å²) in [4.78, 5) is 0. The average molecular weight is 152 g/mol. The lowest BCUT2D eigenvalue weighted by Gasteiger charge is -1.96. The van der Waals surface area contributed by atoms with Gasteiger partial charge in [-0.3, -0.25) is 11.7 Å². The fraction of sp³-hybridized carbons (Fsp3) is 0.333. The Morgan fingerprint density at radius 2 is 0.909 bits per heavy atom. The smallest absolute Gasteiger partial charge is 0.0398 e. The minimum Gasteiger partial charge on any atom is -0.274 e. The molecule has 62 valence electrons. The highest BCUT2D eigenvalue weighted by Gasteiger charge is 1.87. The number of rotatable bonds is 0. The van der Waals surface area contributed by atoms with Crippen LogP contribution in [0.15, 0.2) is 18.2 Å². The van der Waals surface area contributed by atoms with Gasteiger partial charge in [-0.2, -0.15) is 0 Å². The molecule has 11 heavy (non-hydrogen) atoms. The van der Waals surface area contributed by atoms with Crippen molar-refractivity contribution < 1.29 is 0 Å². The maximum Gasteiger partial charge on any atom is -0.0398 e. The highest BCUT2D eigenvalue weighted by Crippen LogP contribution is 2.06. The Morgan fingerprint density at radius 3 is 1.09 bits per heavy atom. The van der Waals surface area contributed by atoms with Crippen LogP contribution in [0.25, 0.3) is 0 Å². The molecule has 0 heterocycles. The normalized spacial score (nSPS) is 8.45. The van der Waals surface area contributed by atoms with E-state index in [1.165, 1.54) is 16.7 Å². The maximum atomic E-state index is 4.00. The topological polar surface area (TPSA) is 52.0 Å². The molecule has 0 unspecified atom stereocenters. The first-order valence-electron chi connectivity index (χ1n) is 3.57. The summed E-state index contributed by atoms with van der Waals surface area (Å²) < 4.78 is 0. The zero-order valence-electron chi connectivity index (χ0n) is 7.39. The lowest BCUT2D eigenvalue weighted by molar-refractivity contribution is 1.26. The molecule has 2 nitrogen and oxygen atoms in total. The maximum absolute atomic E-state index is 4.00. The summed E-state index contributed by atoms with van der Waals surface area (Å²) in [5.74, 6) is 8.00. The fourth-order valence-electron chi connectivity index (χ4n) is 1.20. The van der Waals surface area contributed by atoms with Gasteiger partial charge in [0.15, 0.2) is 0 Å². The molecule has 0 fully saturated rings. The number of hydrazine groups is 1. The van der Waals surface area contributed by atoms with Gasteiger partial charge < -0.3 is 0 Å². The summed E-state index contributed by atoms with van der Waals surface area (Å²) in [5, 5.41) is 0. The van der Waals surface area contributed by atoms with E-state index in [0.29, 0.717) is 0 Å². The van der Waals surface area contributed by atoms with Gasteiger partial charge in [0.05, 0.1) is 0 Å². The quantitative estimate of drug-likeness (QED) is 0.436. The molecule has 1 aromatic carbocycles. The second kappa shape index (κ2) is 4.88. The van der Waals surface area contributed by atoms with Crippen molar-refractivity contribution in [2.45, 2.75) is 20.8 Å². The van der Waals surface area contributed by atoms with Crippen LogP contribution in [0.5, 0.6) is 0 Å². The highest BCUT2D eigenvalue weighted by molar-refractivity contribution is 5.27. The average Bonchev–Trinajstić information content (AvgIpc) is 1.88. The van der Waals surface area contributed by atoms with E-state index in [2.05, 4.69) is 50.7 Å². The van der Waals surface area contributed by atoms with Gasteiger partial charge in [-0.15, -0.1) is 0 Å². The van der Waals surface area contributed by atoms with Crippen molar-refractivity contribution in [3.8, 4) is 0 Å². The minimum absolute atomic E-state index is 1.35. The fourth-order valence-corrected chi connectivity index (χ4v) is 1.20. The van der Waals surface area contributed by atoms with Crippen molar-refractivity contribution >= 4 is 0 Å². The first kappa shape index (κ1) is 10.1. The van der Waals surface area contributed by atoms with Gasteiger partial charge in [0, 0.05) is 0 Å². The zero-order chi connectivity index (χ0) is 8.85. The molecule has 1 aromatic rings. The SMILES string of the molecule is Cc1cc(C)cc(C)c1.NN. The molecule has 0 aliphatic rings. The highest BCUT2D eigenvalue weighted by atomic mass is 15.0. The Bertz CT molecular complexity index is 168. The third-order valence-electron chi connectivity index (χ3n) is 1.37. The van der Waals surface area contributed by atoms with E-state index in [1.54, 1.807) is 0 Å². The van der Waals surface area contributed by atoms with Crippen LogP contribution in [0.2, 0.25) is 0 Å². The van der Waals surface area contributed by atoms with Crippen molar-refractivity contribution in [3.63, 3.8) is 0 Å². The Balaban J connectivity index is 0.000000461. The standard InChI is InChI=1S/C9H12.H4N2/c1-7-4-8(2)6-9(3)5-7;1-2/h4-6H,1-3H3;1-2H2. The first-order valence-corrected chi connectivity index (χ1v) is 3.57. The Kier molecular flexibility index (Phi) is 4.50. The van der Waals surface area contributed by atoms with Crippen LogP contribution in [0.4, 0.5) is 0 Å². The second-order valence-electron chi connectivity index (χ2n) is 2.67. The van der Waals surface area contributed by atoms with Crippen molar-refractivity contribution in [2.75, 3.05) is 0 Å². The Labute approximate surface area is 68.2 Å². The van der Waals surface area contributed by atoms with Crippen LogP contribution in [0.3, 0.4) is 0 Å². The summed E-state index contributed by atoms with van der Waals surface area (Å²) >= 11 is 0. The first-order chi connectivity index (χ1) is 5.18. The molecule has 0 atom stereocenters. The summed E-state index contributed by atoms with van der Waals surface area (Å²) in [5.41, 5.74) is 4.06. The van der Waals surface area contributed by atoms with Crippen LogP contribution in [-0.2, 0) is 0 Å². The Hall–Kier alpha value is -0.860. The van der Waals surface area contributed by atoms with Gasteiger partial charge >= 0.3 is 0 Å². The number of nitrogens with two attached hydrogens (primary N) is 2. The van der Waals surface area contributed by atoms with E-state index in [-0.39, 0.29) is 0 Å². The zero-order valence-corrected chi connectivity index (χ0v) is 7.39.